The smallest absolute Gasteiger partial charge is 0.232 e. The zero-order chi connectivity index (χ0) is 15.5. The average Bonchev–Trinajstić information content (AvgIpc) is 2.46. The van der Waals surface area contributed by atoms with Crippen LogP contribution in [0.2, 0.25) is 0 Å². The maximum Gasteiger partial charge on any atom is 0.232 e. The Kier molecular flexibility index (Phi) is 3.65. The van der Waals surface area contributed by atoms with Gasteiger partial charge in [0.05, 0.1) is 0 Å². The van der Waals surface area contributed by atoms with E-state index < -0.39 is 0 Å². The number of rotatable bonds is 3. The zero-order valence-electron chi connectivity index (χ0n) is 12.4. The summed E-state index contributed by atoms with van der Waals surface area (Å²) in [6.45, 7) is 3.88. The van der Waals surface area contributed by atoms with Gasteiger partial charge >= 0.3 is 0 Å². The van der Waals surface area contributed by atoms with E-state index in [1.165, 1.54) is 0 Å². The van der Waals surface area contributed by atoms with Crippen LogP contribution < -0.4 is 11.1 Å². The van der Waals surface area contributed by atoms with Crippen LogP contribution in [0.3, 0.4) is 0 Å². The lowest BCUT2D eigenvalue weighted by Gasteiger charge is -2.08. The van der Waals surface area contributed by atoms with Crippen LogP contribution in [0.4, 0.5) is 17.6 Å². The molecular formula is C16H16N6. The SMILES string of the molecule is Cc1cc(Nc2nc(N)nc(-c3ccccc3)n2)cc(C)n1. The first kappa shape index (κ1) is 13.9. The van der Waals surface area contributed by atoms with Crippen molar-refractivity contribution in [3.8, 4) is 11.4 Å². The number of hydrogen-bond acceptors (Lipinski definition) is 6. The van der Waals surface area contributed by atoms with Crippen LogP contribution in [0.1, 0.15) is 11.4 Å². The number of anilines is 3. The molecule has 0 spiro atoms. The van der Waals surface area contributed by atoms with Crippen molar-refractivity contribution < 1.29 is 0 Å². The van der Waals surface area contributed by atoms with Gasteiger partial charge in [0.2, 0.25) is 11.9 Å². The summed E-state index contributed by atoms with van der Waals surface area (Å²) < 4.78 is 0. The third kappa shape index (κ3) is 3.17. The van der Waals surface area contributed by atoms with Gasteiger partial charge in [0, 0.05) is 22.6 Å². The predicted molar refractivity (Wildman–Crippen MR) is 86.7 cm³/mol. The van der Waals surface area contributed by atoms with Gasteiger partial charge in [0.25, 0.3) is 0 Å². The molecule has 110 valence electrons. The minimum atomic E-state index is 0.179. The fraction of sp³-hybridized carbons (Fsp3) is 0.125. The summed E-state index contributed by atoms with van der Waals surface area (Å²) in [5.74, 6) is 1.13. The van der Waals surface area contributed by atoms with E-state index in [9.17, 15) is 0 Å². The highest BCUT2D eigenvalue weighted by Gasteiger charge is 2.07. The molecule has 0 aliphatic rings. The molecule has 0 atom stereocenters. The number of hydrogen-bond donors (Lipinski definition) is 2. The molecule has 6 nitrogen and oxygen atoms in total. The molecule has 0 saturated carbocycles. The Hall–Kier alpha value is -3.02. The largest absolute Gasteiger partial charge is 0.368 e. The number of aryl methyl sites for hydroxylation is 2. The van der Waals surface area contributed by atoms with E-state index in [2.05, 4.69) is 25.3 Å². The Morgan fingerprint density at radius 3 is 2.23 bits per heavy atom. The van der Waals surface area contributed by atoms with E-state index in [1.807, 2.05) is 56.3 Å². The van der Waals surface area contributed by atoms with Crippen LogP contribution >= 0.6 is 0 Å². The van der Waals surface area contributed by atoms with Gasteiger partial charge in [0.1, 0.15) is 0 Å². The monoisotopic (exact) mass is 292 g/mol. The molecule has 2 aromatic heterocycles. The summed E-state index contributed by atoms with van der Waals surface area (Å²) in [6.07, 6.45) is 0. The molecule has 0 bridgehead atoms. The Labute approximate surface area is 128 Å². The lowest BCUT2D eigenvalue weighted by Crippen LogP contribution is -2.05. The second-order valence-corrected chi connectivity index (χ2v) is 4.97. The molecule has 0 unspecified atom stereocenters. The van der Waals surface area contributed by atoms with Crippen molar-refractivity contribution in [2.75, 3.05) is 11.1 Å². The second kappa shape index (κ2) is 5.77. The highest BCUT2D eigenvalue weighted by molar-refractivity contribution is 5.60. The fourth-order valence-corrected chi connectivity index (χ4v) is 2.20. The molecule has 0 aliphatic carbocycles. The number of nitrogen functional groups attached to an aromatic ring is 1. The van der Waals surface area contributed by atoms with E-state index in [1.54, 1.807) is 0 Å². The molecular weight excluding hydrogens is 276 g/mol. The van der Waals surface area contributed by atoms with Crippen LogP contribution in [0.15, 0.2) is 42.5 Å². The molecule has 0 radical (unpaired) electrons. The normalized spacial score (nSPS) is 10.5. The molecule has 0 fully saturated rings. The van der Waals surface area contributed by atoms with Gasteiger partial charge in [-0.2, -0.15) is 15.0 Å². The number of aromatic nitrogens is 4. The summed E-state index contributed by atoms with van der Waals surface area (Å²) in [5.41, 5.74) is 9.40. The Bertz CT molecular complexity index is 781. The van der Waals surface area contributed by atoms with Gasteiger partial charge in [-0.05, 0) is 26.0 Å². The van der Waals surface area contributed by atoms with Crippen molar-refractivity contribution in [3.63, 3.8) is 0 Å². The van der Waals surface area contributed by atoms with Gasteiger partial charge in [-0.25, -0.2) is 0 Å². The summed E-state index contributed by atoms with van der Waals surface area (Å²) in [7, 11) is 0. The first-order chi connectivity index (χ1) is 10.6. The standard InChI is InChI=1S/C16H16N6/c1-10-8-13(9-11(2)18-10)19-16-21-14(20-15(17)22-16)12-6-4-3-5-7-12/h3-9H,1-2H3,(H3,17,18,19,20,21,22). The van der Waals surface area contributed by atoms with Crippen molar-refractivity contribution >= 4 is 17.6 Å². The topological polar surface area (TPSA) is 89.6 Å². The summed E-state index contributed by atoms with van der Waals surface area (Å²) >= 11 is 0. The second-order valence-electron chi connectivity index (χ2n) is 4.97. The van der Waals surface area contributed by atoms with Crippen LogP contribution in [0, 0.1) is 13.8 Å². The Morgan fingerprint density at radius 2 is 1.55 bits per heavy atom. The average molecular weight is 292 g/mol. The minimum absolute atomic E-state index is 0.179. The third-order valence-corrected chi connectivity index (χ3v) is 3.02. The van der Waals surface area contributed by atoms with Crippen LogP contribution in [0.5, 0.6) is 0 Å². The van der Waals surface area contributed by atoms with Gasteiger partial charge < -0.3 is 11.1 Å². The van der Waals surface area contributed by atoms with Crippen molar-refractivity contribution in [3.05, 3.63) is 53.9 Å². The molecule has 22 heavy (non-hydrogen) atoms. The zero-order valence-corrected chi connectivity index (χ0v) is 12.4. The van der Waals surface area contributed by atoms with Crippen LogP contribution in [-0.4, -0.2) is 19.9 Å². The predicted octanol–water partition coefficient (Wildman–Crippen LogP) is 2.88. The number of nitrogens with two attached hydrogens (primary N) is 1. The number of pyridine rings is 1. The first-order valence-corrected chi connectivity index (χ1v) is 6.89. The van der Waals surface area contributed by atoms with E-state index in [-0.39, 0.29) is 5.95 Å². The van der Waals surface area contributed by atoms with Crippen LogP contribution in [-0.2, 0) is 0 Å². The number of nitrogens with one attached hydrogen (secondary N) is 1. The van der Waals surface area contributed by atoms with Crippen molar-refractivity contribution in [2.45, 2.75) is 13.8 Å². The minimum Gasteiger partial charge on any atom is -0.368 e. The molecule has 1 aromatic carbocycles. The molecule has 3 aromatic rings. The quantitative estimate of drug-likeness (QED) is 0.771. The van der Waals surface area contributed by atoms with Crippen molar-refractivity contribution in [1.29, 1.82) is 0 Å². The first-order valence-electron chi connectivity index (χ1n) is 6.89. The maximum atomic E-state index is 5.80. The van der Waals surface area contributed by atoms with Gasteiger partial charge in [0.15, 0.2) is 5.82 Å². The van der Waals surface area contributed by atoms with E-state index >= 15 is 0 Å². The lowest BCUT2D eigenvalue weighted by molar-refractivity contribution is 1.07. The summed E-state index contributed by atoms with van der Waals surface area (Å²) in [4.78, 5) is 17.1. The van der Waals surface area contributed by atoms with Crippen LogP contribution in [0.25, 0.3) is 11.4 Å². The molecule has 0 saturated heterocycles. The maximum absolute atomic E-state index is 5.80. The van der Waals surface area contributed by atoms with Gasteiger partial charge in [-0.1, -0.05) is 30.3 Å². The fourth-order valence-electron chi connectivity index (χ4n) is 2.20. The number of benzene rings is 1. The highest BCUT2D eigenvalue weighted by atomic mass is 15.2. The highest BCUT2D eigenvalue weighted by Crippen LogP contribution is 2.19. The molecule has 0 amide bonds. The van der Waals surface area contributed by atoms with Gasteiger partial charge in [-0.3, -0.25) is 4.98 Å². The third-order valence-electron chi connectivity index (χ3n) is 3.02. The van der Waals surface area contributed by atoms with E-state index in [4.69, 9.17) is 5.73 Å². The number of nitrogens with zero attached hydrogens (tertiary/aromatic N) is 4. The Balaban J connectivity index is 1.96. The molecule has 2 heterocycles. The molecule has 0 aliphatic heterocycles. The van der Waals surface area contributed by atoms with Crippen molar-refractivity contribution in [1.82, 2.24) is 19.9 Å². The van der Waals surface area contributed by atoms with Crippen molar-refractivity contribution in [2.24, 2.45) is 0 Å². The van der Waals surface area contributed by atoms with Gasteiger partial charge in [-0.15, -0.1) is 0 Å². The Morgan fingerprint density at radius 1 is 0.864 bits per heavy atom. The summed E-state index contributed by atoms with van der Waals surface area (Å²) in [6, 6.07) is 13.5. The lowest BCUT2D eigenvalue weighted by atomic mass is 10.2. The molecule has 3 rings (SSSR count). The molecule has 3 N–H and O–H groups in total. The van der Waals surface area contributed by atoms with E-state index in [0.717, 1.165) is 22.6 Å². The molecule has 6 heteroatoms. The summed E-state index contributed by atoms with van der Waals surface area (Å²) in [5, 5.41) is 3.15. The van der Waals surface area contributed by atoms with E-state index in [0.29, 0.717) is 11.8 Å².